The molecule has 45 heavy (non-hydrogen) atoms. The molecule has 0 spiro atoms. The van der Waals surface area contributed by atoms with Crippen LogP contribution in [0.15, 0.2) is 92.2 Å². The average Bonchev–Trinajstić information content (AvgIpc) is 3.63. The number of aromatic nitrogens is 1. The quantitative estimate of drug-likeness (QED) is 0.226. The summed E-state index contributed by atoms with van der Waals surface area (Å²) in [6.07, 6.45) is 1.67. The summed E-state index contributed by atoms with van der Waals surface area (Å²) in [6, 6.07) is 19.5. The summed E-state index contributed by atoms with van der Waals surface area (Å²) in [7, 11) is 2.91. The fourth-order valence-corrected chi connectivity index (χ4v) is 6.72. The van der Waals surface area contributed by atoms with E-state index in [0.29, 0.717) is 43.4 Å². The Hall–Kier alpha value is -5.22. The number of aryl methyl sites for hydroxylation is 1. The maximum atomic E-state index is 14.2. The van der Waals surface area contributed by atoms with Crippen molar-refractivity contribution in [3.8, 4) is 17.1 Å². The molecule has 5 aromatic rings. The molecule has 0 saturated carbocycles. The molecule has 0 unspecified atom stereocenters. The number of methoxy groups -OCH3 is 2. The van der Waals surface area contributed by atoms with Crippen LogP contribution in [0.2, 0.25) is 0 Å². The molecule has 0 bridgehead atoms. The topological polar surface area (TPSA) is 109 Å². The van der Waals surface area contributed by atoms with E-state index < -0.39 is 18.0 Å². The number of nitrogens with zero attached hydrogens (tertiary/aromatic N) is 2. The Morgan fingerprint density at radius 1 is 1.02 bits per heavy atom. The van der Waals surface area contributed by atoms with Gasteiger partial charge in [0, 0.05) is 17.2 Å². The lowest BCUT2D eigenvalue weighted by Gasteiger charge is -2.27. The van der Waals surface area contributed by atoms with Gasteiger partial charge in [0.2, 0.25) is 0 Å². The summed E-state index contributed by atoms with van der Waals surface area (Å²) in [5, 5.41) is 1.78. The van der Waals surface area contributed by atoms with Crippen LogP contribution in [0.3, 0.4) is 0 Å². The van der Waals surface area contributed by atoms with Gasteiger partial charge in [-0.2, -0.15) is 0 Å². The first kappa shape index (κ1) is 29.8. The summed E-state index contributed by atoms with van der Waals surface area (Å²) < 4.78 is 24.2. The van der Waals surface area contributed by atoms with Crippen molar-refractivity contribution in [3.05, 3.63) is 120 Å². The number of thiazole rings is 1. The van der Waals surface area contributed by atoms with Crippen molar-refractivity contribution in [1.29, 1.82) is 0 Å². The number of esters is 2. The monoisotopic (exact) mass is 622 g/mol. The Kier molecular flexibility index (Phi) is 7.99. The number of carbonyl (C=O) groups is 2. The molecule has 0 fully saturated rings. The first-order chi connectivity index (χ1) is 21.7. The number of rotatable bonds is 7. The van der Waals surface area contributed by atoms with Crippen molar-refractivity contribution >= 4 is 40.1 Å². The number of ether oxygens (including phenoxy) is 3. The van der Waals surface area contributed by atoms with E-state index in [2.05, 4.69) is 4.99 Å². The smallest absolute Gasteiger partial charge is 0.338 e. The molecule has 228 valence electrons. The number of benzene rings is 3. The minimum Gasteiger partial charge on any atom is -0.496 e. The Balaban J connectivity index is 1.51. The molecular weight excluding hydrogens is 592 g/mol. The molecule has 1 atom stereocenters. The molecule has 1 aliphatic heterocycles. The number of allylic oxidation sites excluding steroid dienone is 1. The van der Waals surface area contributed by atoms with Crippen molar-refractivity contribution in [2.75, 3.05) is 20.8 Å². The van der Waals surface area contributed by atoms with Gasteiger partial charge in [0.1, 0.15) is 23.3 Å². The molecule has 0 saturated heterocycles. The predicted octanol–water partition coefficient (Wildman–Crippen LogP) is 5.32. The van der Waals surface area contributed by atoms with E-state index >= 15 is 0 Å². The first-order valence-electron chi connectivity index (χ1n) is 14.3. The van der Waals surface area contributed by atoms with Crippen LogP contribution in [-0.2, 0) is 14.3 Å². The van der Waals surface area contributed by atoms with Crippen LogP contribution in [0, 0.1) is 6.92 Å². The van der Waals surface area contributed by atoms with Gasteiger partial charge in [0.15, 0.2) is 4.80 Å². The fourth-order valence-electron chi connectivity index (χ4n) is 5.69. The van der Waals surface area contributed by atoms with E-state index in [1.54, 1.807) is 55.9 Å². The predicted molar refractivity (Wildman–Crippen MR) is 171 cm³/mol. The van der Waals surface area contributed by atoms with Crippen molar-refractivity contribution in [2.24, 2.45) is 4.99 Å². The van der Waals surface area contributed by atoms with E-state index in [0.717, 1.165) is 21.9 Å². The van der Waals surface area contributed by atoms with Gasteiger partial charge in [-0.25, -0.2) is 14.6 Å². The molecule has 3 aromatic carbocycles. The summed E-state index contributed by atoms with van der Waals surface area (Å²) in [4.78, 5) is 44.7. The molecule has 2 aromatic heterocycles. The Morgan fingerprint density at radius 2 is 1.82 bits per heavy atom. The highest BCUT2D eigenvalue weighted by atomic mass is 32.1. The molecule has 3 heterocycles. The van der Waals surface area contributed by atoms with E-state index in [9.17, 15) is 14.4 Å². The highest BCUT2D eigenvalue weighted by Crippen LogP contribution is 2.40. The van der Waals surface area contributed by atoms with E-state index in [-0.39, 0.29) is 17.7 Å². The third-order valence-corrected chi connectivity index (χ3v) is 8.74. The van der Waals surface area contributed by atoms with Crippen LogP contribution in [0.1, 0.15) is 47.1 Å². The maximum absolute atomic E-state index is 14.2. The van der Waals surface area contributed by atoms with Crippen LogP contribution < -0.4 is 19.6 Å². The van der Waals surface area contributed by atoms with E-state index in [4.69, 9.17) is 18.6 Å². The second kappa shape index (κ2) is 12.0. The molecule has 0 radical (unpaired) electrons. The normalized spacial score (nSPS) is 14.7. The number of hydrogen-bond acceptors (Lipinski definition) is 9. The Morgan fingerprint density at radius 3 is 2.56 bits per heavy atom. The Bertz CT molecular complexity index is 2200. The van der Waals surface area contributed by atoms with Gasteiger partial charge in [-0.3, -0.25) is 9.36 Å². The van der Waals surface area contributed by atoms with Crippen LogP contribution in [0.5, 0.6) is 5.75 Å². The third-order valence-electron chi connectivity index (χ3n) is 7.75. The molecular formula is C35H30N2O7S. The largest absolute Gasteiger partial charge is 0.496 e. The molecule has 0 N–H and O–H groups in total. The summed E-state index contributed by atoms with van der Waals surface area (Å²) in [5.41, 5.74) is 3.17. The molecule has 10 heteroatoms. The SMILES string of the molecule is CCOC(=O)C1=C(C)N=c2s/c(=C/c3ccc(-c4ccc(C(=O)OC)cc4C)o3)c(=O)n2[C@H]1c1c(OC)ccc2ccccc12. The van der Waals surface area contributed by atoms with E-state index in [1.165, 1.54) is 18.4 Å². The van der Waals surface area contributed by atoms with Gasteiger partial charge in [-0.1, -0.05) is 47.7 Å². The first-order valence-corrected chi connectivity index (χ1v) is 15.1. The number of furan rings is 1. The van der Waals surface area contributed by atoms with Crippen molar-refractivity contribution in [3.63, 3.8) is 0 Å². The minimum atomic E-state index is -0.841. The number of fused-ring (bicyclic) bond motifs is 2. The van der Waals surface area contributed by atoms with Gasteiger partial charge in [0.25, 0.3) is 5.56 Å². The van der Waals surface area contributed by atoms with Gasteiger partial charge in [0.05, 0.1) is 42.2 Å². The molecule has 0 aliphatic carbocycles. The van der Waals surface area contributed by atoms with Gasteiger partial charge in [-0.05, 0) is 67.4 Å². The maximum Gasteiger partial charge on any atom is 0.338 e. The second-order valence-corrected chi connectivity index (χ2v) is 11.4. The lowest BCUT2D eigenvalue weighted by molar-refractivity contribution is -0.139. The zero-order chi connectivity index (χ0) is 31.8. The molecule has 9 nitrogen and oxygen atoms in total. The molecule has 0 amide bonds. The summed E-state index contributed by atoms with van der Waals surface area (Å²) in [5.74, 6) is 0.626. The zero-order valence-electron chi connectivity index (χ0n) is 25.4. The van der Waals surface area contributed by atoms with Crippen molar-refractivity contribution in [1.82, 2.24) is 4.57 Å². The number of hydrogen-bond donors (Lipinski definition) is 0. The standard InChI is InChI=1S/C35H30N2O7S/c1-6-43-34(40)29-20(3)36-35-37(31(29)30-25-10-8-7-9-21(25)12-15-27(30)41-4)32(38)28(45-35)18-23-13-16-26(44-23)24-14-11-22(17-19(24)2)33(39)42-5/h7-18,31H,6H2,1-5H3/b28-18+/t31-/m1/s1. The Labute approximate surface area is 262 Å². The lowest BCUT2D eigenvalue weighted by atomic mass is 9.90. The molecule has 6 rings (SSSR count). The van der Waals surface area contributed by atoms with Crippen LogP contribution >= 0.6 is 11.3 Å². The van der Waals surface area contributed by atoms with Gasteiger partial charge >= 0.3 is 11.9 Å². The number of carbonyl (C=O) groups excluding carboxylic acids is 2. The van der Waals surface area contributed by atoms with Gasteiger partial charge < -0.3 is 18.6 Å². The summed E-state index contributed by atoms with van der Waals surface area (Å²) >= 11 is 1.21. The fraction of sp³-hybridized carbons (Fsp3) is 0.200. The minimum absolute atomic E-state index is 0.172. The summed E-state index contributed by atoms with van der Waals surface area (Å²) in [6.45, 7) is 5.54. The highest BCUT2D eigenvalue weighted by Gasteiger charge is 2.36. The van der Waals surface area contributed by atoms with Gasteiger partial charge in [-0.15, -0.1) is 0 Å². The zero-order valence-corrected chi connectivity index (χ0v) is 26.2. The van der Waals surface area contributed by atoms with Crippen LogP contribution in [-0.4, -0.2) is 37.3 Å². The lowest BCUT2D eigenvalue weighted by Crippen LogP contribution is -2.40. The average molecular weight is 623 g/mol. The van der Waals surface area contributed by atoms with Crippen molar-refractivity contribution in [2.45, 2.75) is 26.8 Å². The van der Waals surface area contributed by atoms with Crippen molar-refractivity contribution < 1.29 is 28.2 Å². The molecule has 1 aliphatic rings. The second-order valence-electron chi connectivity index (χ2n) is 10.4. The van der Waals surface area contributed by atoms with Crippen LogP contribution in [0.4, 0.5) is 0 Å². The highest BCUT2D eigenvalue weighted by molar-refractivity contribution is 7.07. The van der Waals surface area contributed by atoms with Crippen LogP contribution in [0.25, 0.3) is 28.2 Å². The van der Waals surface area contributed by atoms with E-state index in [1.807, 2.05) is 49.4 Å². The third kappa shape index (κ3) is 5.27.